The van der Waals surface area contributed by atoms with E-state index in [0.717, 1.165) is 0 Å². The van der Waals surface area contributed by atoms with Crippen molar-refractivity contribution in [2.24, 2.45) is 0 Å². The van der Waals surface area contributed by atoms with Crippen LogP contribution in [0.3, 0.4) is 0 Å². The molecule has 0 atom stereocenters. The minimum absolute atomic E-state index is 0.0896. The summed E-state index contributed by atoms with van der Waals surface area (Å²) in [6.07, 6.45) is 2.90. The Labute approximate surface area is 88.6 Å². The highest BCUT2D eigenvalue weighted by molar-refractivity contribution is 5.91. The maximum Gasteiger partial charge on any atom is 0.292 e. The lowest BCUT2D eigenvalue weighted by molar-refractivity contribution is -0.132. The van der Waals surface area contributed by atoms with Gasteiger partial charge in [-0.3, -0.25) is 4.79 Å². The third-order valence-corrected chi connectivity index (χ3v) is 1.87. The highest BCUT2D eigenvalue weighted by Gasteiger charge is 2.20. The molecule has 1 aliphatic heterocycles. The van der Waals surface area contributed by atoms with Crippen LogP contribution in [0.2, 0.25) is 0 Å². The zero-order valence-corrected chi connectivity index (χ0v) is 8.52. The third kappa shape index (κ3) is 3.28. The molecule has 15 heavy (non-hydrogen) atoms. The predicted molar refractivity (Wildman–Crippen MR) is 53.8 cm³/mol. The molecule has 84 valence electrons. The van der Waals surface area contributed by atoms with Crippen molar-refractivity contribution in [1.29, 1.82) is 0 Å². The van der Waals surface area contributed by atoms with E-state index < -0.39 is 0 Å². The topological polar surface area (TPSA) is 59.0 Å². The summed E-state index contributed by atoms with van der Waals surface area (Å²) in [5.74, 6) is -0.111. The van der Waals surface area contributed by atoms with E-state index in [1.807, 2.05) is 0 Å². The fraction of sp³-hybridized carbons (Fsp3) is 0.500. The van der Waals surface area contributed by atoms with Crippen LogP contribution in [0.1, 0.15) is 0 Å². The summed E-state index contributed by atoms with van der Waals surface area (Å²) < 4.78 is 10.1. The number of nitrogens with zero attached hydrogens (tertiary/aromatic N) is 1. The monoisotopic (exact) mass is 213 g/mol. The van der Waals surface area contributed by atoms with E-state index in [1.165, 1.54) is 11.2 Å². The average molecular weight is 213 g/mol. The maximum atomic E-state index is 11.8. The summed E-state index contributed by atoms with van der Waals surface area (Å²) in [5, 5.41) is 8.79. The molecular formula is C10H15NO4. The van der Waals surface area contributed by atoms with Crippen molar-refractivity contribution in [2.45, 2.75) is 0 Å². The van der Waals surface area contributed by atoms with Gasteiger partial charge in [0.05, 0.1) is 6.61 Å². The highest BCUT2D eigenvalue weighted by Crippen LogP contribution is 2.08. The molecule has 1 heterocycles. The average Bonchev–Trinajstić information content (AvgIpc) is 2.29. The molecule has 0 aromatic carbocycles. The molecular weight excluding hydrogens is 198 g/mol. The number of carbonyl (C=O) groups is 1. The summed E-state index contributed by atoms with van der Waals surface area (Å²) in [6, 6.07) is 0. The van der Waals surface area contributed by atoms with E-state index in [9.17, 15) is 4.79 Å². The zero-order chi connectivity index (χ0) is 11.1. The maximum absolute atomic E-state index is 11.8. The molecule has 0 radical (unpaired) electrons. The van der Waals surface area contributed by atoms with E-state index in [0.29, 0.717) is 19.8 Å². The number of hydrogen-bond acceptors (Lipinski definition) is 4. The minimum Gasteiger partial charge on any atom is -0.494 e. The van der Waals surface area contributed by atoms with E-state index in [1.54, 1.807) is 6.08 Å². The molecule has 1 amide bonds. The molecule has 5 heteroatoms. The summed E-state index contributed by atoms with van der Waals surface area (Å²) in [5.41, 5.74) is 0. The van der Waals surface area contributed by atoms with E-state index in [-0.39, 0.29) is 24.8 Å². The van der Waals surface area contributed by atoms with Gasteiger partial charge in [0.15, 0.2) is 0 Å². The van der Waals surface area contributed by atoms with Gasteiger partial charge in [-0.1, -0.05) is 6.08 Å². The van der Waals surface area contributed by atoms with Gasteiger partial charge in [-0.2, -0.15) is 0 Å². The lowest BCUT2D eigenvalue weighted by Gasteiger charge is -2.23. The first-order valence-electron chi connectivity index (χ1n) is 4.75. The fourth-order valence-electron chi connectivity index (χ4n) is 1.19. The first kappa shape index (κ1) is 11.6. The van der Waals surface area contributed by atoms with Crippen LogP contribution in [0.25, 0.3) is 0 Å². The van der Waals surface area contributed by atoms with E-state index >= 15 is 0 Å². The smallest absolute Gasteiger partial charge is 0.292 e. The number of aliphatic hydroxyl groups is 1. The van der Waals surface area contributed by atoms with E-state index in [2.05, 4.69) is 6.58 Å². The van der Waals surface area contributed by atoms with Gasteiger partial charge in [0, 0.05) is 13.1 Å². The molecule has 0 bridgehead atoms. The van der Waals surface area contributed by atoms with Crippen molar-refractivity contribution < 1.29 is 19.4 Å². The van der Waals surface area contributed by atoms with Crippen LogP contribution >= 0.6 is 0 Å². The summed E-state index contributed by atoms with van der Waals surface area (Å²) in [6.45, 7) is 4.91. The minimum atomic E-state index is -0.288. The lowest BCUT2D eigenvalue weighted by atomic mass is 10.4. The Hall–Kier alpha value is -1.49. The lowest BCUT2D eigenvalue weighted by Crippen LogP contribution is -2.36. The molecule has 1 aliphatic rings. The molecule has 0 saturated carbocycles. The summed E-state index contributed by atoms with van der Waals surface area (Å²) in [4.78, 5) is 13.2. The van der Waals surface area contributed by atoms with Crippen molar-refractivity contribution in [3.05, 3.63) is 24.7 Å². The highest BCUT2D eigenvalue weighted by atomic mass is 16.6. The number of amides is 1. The van der Waals surface area contributed by atoms with E-state index in [4.69, 9.17) is 14.6 Å². The van der Waals surface area contributed by atoms with Gasteiger partial charge < -0.3 is 19.5 Å². The molecule has 0 aromatic heterocycles. The molecule has 0 saturated heterocycles. The summed E-state index contributed by atoms with van der Waals surface area (Å²) in [7, 11) is 0. The second-order valence-electron chi connectivity index (χ2n) is 2.96. The molecule has 1 N–H and O–H groups in total. The van der Waals surface area contributed by atoms with Crippen molar-refractivity contribution in [2.75, 3.05) is 32.9 Å². The van der Waals surface area contributed by atoms with Crippen molar-refractivity contribution in [1.82, 2.24) is 4.90 Å². The number of aliphatic hydroxyl groups excluding tert-OH is 1. The largest absolute Gasteiger partial charge is 0.494 e. The zero-order valence-electron chi connectivity index (χ0n) is 8.52. The second-order valence-corrected chi connectivity index (χ2v) is 2.96. The molecule has 1 rings (SSSR count). The van der Waals surface area contributed by atoms with Gasteiger partial charge in [0.2, 0.25) is 5.76 Å². The van der Waals surface area contributed by atoms with Gasteiger partial charge in [-0.25, -0.2) is 0 Å². The Balaban J connectivity index is 2.61. The van der Waals surface area contributed by atoms with Crippen LogP contribution < -0.4 is 0 Å². The molecule has 0 spiro atoms. The Morgan fingerprint density at radius 3 is 3.00 bits per heavy atom. The molecule has 0 unspecified atom stereocenters. The van der Waals surface area contributed by atoms with Crippen LogP contribution in [0.4, 0.5) is 0 Å². The van der Waals surface area contributed by atoms with Gasteiger partial charge in [-0.15, -0.1) is 6.58 Å². The van der Waals surface area contributed by atoms with Gasteiger partial charge >= 0.3 is 0 Å². The Morgan fingerprint density at radius 2 is 2.47 bits per heavy atom. The molecule has 0 aliphatic carbocycles. The van der Waals surface area contributed by atoms with Crippen molar-refractivity contribution >= 4 is 5.91 Å². The van der Waals surface area contributed by atoms with Crippen molar-refractivity contribution in [3.8, 4) is 0 Å². The third-order valence-electron chi connectivity index (χ3n) is 1.87. The SMILES string of the molecule is C=CCN(CCO)C(=O)C1=COCCO1. The van der Waals surface area contributed by atoms with Gasteiger partial charge in [-0.05, 0) is 0 Å². The van der Waals surface area contributed by atoms with Crippen molar-refractivity contribution in [3.63, 3.8) is 0 Å². The normalized spacial score (nSPS) is 14.6. The Morgan fingerprint density at radius 1 is 1.67 bits per heavy atom. The Kier molecular flexibility index (Phi) is 4.70. The first-order valence-corrected chi connectivity index (χ1v) is 4.75. The van der Waals surface area contributed by atoms with Crippen LogP contribution in [0.5, 0.6) is 0 Å². The number of hydrogen-bond donors (Lipinski definition) is 1. The number of carbonyl (C=O) groups excluding carboxylic acids is 1. The second kappa shape index (κ2) is 6.08. The standard InChI is InChI=1S/C10H15NO4/c1-2-3-11(4-5-12)10(13)9-8-14-6-7-15-9/h2,8,12H,1,3-7H2. The summed E-state index contributed by atoms with van der Waals surface area (Å²) >= 11 is 0. The van der Waals surface area contributed by atoms with Crippen LogP contribution in [-0.4, -0.2) is 48.8 Å². The molecule has 0 aromatic rings. The molecule has 5 nitrogen and oxygen atoms in total. The van der Waals surface area contributed by atoms with Crippen LogP contribution in [0.15, 0.2) is 24.7 Å². The van der Waals surface area contributed by atoms with Crippen LogP contribution in [-0.2, 0) is 14.3 Å². The van der Waals surface area contributed by atoms with Gasteiger partial charge in [0.25, 0.3) is 5.91 Å². The Bertz CT molecular complexity index is 262. The van der Waals surface area contributed by atoms with Gasteiger partial charge in [0.1, 0.15) is 19.5 Å². The molecule has 0 fully saturated rings. The fourth-order valence-corrected chi connectivity index (χ4v) is 1.19. The quantitative estimate of drug-likeness (QED) is 0.647. The predicted octanol–water partition coefficient (Wildman–Crippen LogP) is -0.119. The van der Waals surface area contributed by atoms with Crippen LogP contribution in [0, 0.1) is 0 Å². The number of rotatable bonds is 5. The first-order chi connectivity index (χ1) is 7.29. The number of ether oxygens (including phenoxy) is 2.